The van der Waals surface area contributed by atoms with E-state index in [2.05, 4.69) is 45.0 Å². The summed E-state index contributed by atoms with van der Waals surface area (Å²) in [6.07, 6.45) is 2.46. The highest BCUT2D eigenvalue weighted by Crippen LogP contribution is 2.44. The standard InChI is InChI=1S/C14H19Cl/c1-10(15)11-8-9-14(2,3)13-7-5-4-6-12(11)13/h4-7,10-11H,8-9H2,1-3H3. The fourth-order valence-corrected chi connectivity index (χ4v) is 2.98. The van der Waals surface area contributed by atoms with E-state index in [1.54, 1.807) is 0 Å². The molecule has 15 heavy (non-hydrogen) atoms. The molecule has 0 saturated heterocycles. The van der Waals surface area contributed by atoms with E-state index < -0.39 is 0 Å². The summed E-state index contributed by atoms with van der Waals surface area (Å²) in [5.74, 6) is 0.538. The largest absolute Gasteiger partial charge is 0.123 e. The van der Waals surface area contributed by atoms with Crippen molar-refractivity contribution in [1.82, 2.24) is 0 Å². The van der Waals surface area contributed by atoms with E-state index in [0.717, 1.165) is 0 Å². The van der Waals surface area contributed by atoms with Gasteiger partial charge in [-0.25, -0.2) is 0 Å². The van der Waals surface area contributed by atoms with E-state index in [4.69, 9.17) is 11.6 Å². The van der Waals surface area contributed by atoms with Crippen molar-refractivity contribution in [2.24, 2.45) is 0 Å². The Bertz CT molecular complexity index is 352. The Hall–Kier alpha value is -0.490. The maximum Gasteiger partial charge on any atom is 0.0376 e. The topological polar surface area (TPSA) is 0 Å². The fourth-order valence-electron chi connectivity index (χ4n) is 2.72. The maximum atomic E-state index is 6.28. The molecule has 0 aliphatic heterocycles. The van der Waals surface area contributed by atoms with Crippen LogP contribution in [0.5, 0.6) is 0 Å². The van der Waals surface area contributed by atoms with Gasteiger partial charge in [-0.3, -0.25) is 0 Å². The first kappa shape index (κ1) is 11.0. The number of halogens is 1. The smallest absolute Gasteiger partial charge is 0.0376 e. The lowest BCUT2D eigenvalue weighted by atomic mass is 9.68. The van der Waals surface area contributed by atoms with Crippen LogP contribution in [0, 0.1) is 0 Å². The van der Waals surface area contributed by atoms with Crippen molar-refractivity contribution in [2.45, 2.75) is 50.3 Å². The Morgan fingerprint density at radius 2 is 2.00 bits per heavy atom. The van der Waals surface area contributed by atoms with Crippen LogP contribution in [0.2, 0.25) is 0 Å². The second-order valence-corrected chi connectivity index (χ2v) is 5.98. The minimum atomic E-state index is 0.238. The zero-order chi connectivity index (χ0) is 11.1. The van der Waals surface area contributed by atoms with Gasteiger partial charge in [-0.1, -0.05) is 38.1 Å². The van der Waals surface area contributed by atoms with Gasteiger partial charge < -0.3 is 0 Å². The second-order valence-electron chi connectivity index (χ2n) is 5.29. The van der Waals surface area contributed by atoms with Crippen LogP contribution in [0.3, 0.4) is 0 Å². The molecule has 1 aromatic carbocycles. The van der Waals surface area contributed by atoms with E-state index in [0.29, 0.717) is 11.3 Å². The van der Waals surface area contributed by atoms with Crippen LogP contribution in [0.15, 0.2) is 24.3 Å². The molecular formula is C14H19Cl. The summed E-state index contributed by atoms with van der Waals surface area (Å²) < 4.78 is 0. The van der Waals surface area contributed by atoms with Crippen molar-refractivity contribution >= 4 is 11.6 Å². The third-order valence-corrected chi connectivity index (χ3v) is 4.03. The van der Waals surface area contributed by atoms with Crippen LogP contribution in [-0.4, -0.2) is 5.38 Å². The Balaban J connectivity index is 2.49. The van der Waals surface area contributed by atoms with Crippen molar-refractivity contribution in [3.63, 3.8) is 0 Å². The first-order valence-corrected chi connectivity index (χ1v) is 6.19. The van der Waals surface area contributed by atoms with Crippen molar-refractivity contribution < 1.29 is 0 Å². The molecule has 0 N–H and O–H groups in total. The van der Waals surface area contributed by atoms with Gasteiger partial charge in [0.1, 0.15) is 0 Å². The van der Waals surface area contributed by atoms with Gasteiger partial charge in [0.2, 0.25) is 0 Å². The molecule has 1 heteroatoms. The Labute approximate surface area is 97.6 Å². The van der Waals surface area contributed by atoms with Crippen molar-refractivity contribution in [2.75, 3.05) is 0 Å². The molecule has 1 aliphatic carbocycles. The summed E-state index contributed by atoms with van der Waals surface area (Å²) >= 11 is 6.28. The van der Waals surface area contributed by atoms with E-state index in [1.165, 1.54) is 24.0 Å². The first-order chi connectivity index (χ1) is 7.02. The third kappa shape index (κ3) is 1.92. The Kier molecular flexibility index (Phi) is 2.81. The molecular weight excluding hydrogens is 204 g/mol. The third-order valence-electron chi connectivity index (χ3n) is 3.72. The van der Waals surface area contributed by atoms with E-state index in [9.17, 15) is 0 Å². The van der Waals surface area contributed by atoms with Gasteiger partial charge in [0.15, 0.2) is 0 Å². The van der Waals surface area contributed by atoms with Crippen LogP contribution in [0.25, 0.3) is 0 Å². The summed E-state index contributed by atoms with van der Waals surface area (Å²) in [4.78, 5) is 0. The molecule has 0 amide bonds. The van der Waals surface area contributed by atoms with Gasteiger partial charge in [-0.15, -0.1) is 11.6 Å². The molecule has 1 aromatic rings. The fraction of sp³-hybridized carbons (Fsp3) is 0.571. The molecule has 0 nitrogen and oxygen atoms in total. The number of hydrogen-bond donors (Lipinski definition) is 0. The molecule has 0 spiro atoms. The molecule has 1 aliphatic rings. The number of benzene rings is 1. The predicted molar refractivity (Wildman–Crippen MR) is 66.8 cm³/mol. The Morgan fingerprint density at radius 3 is 2.67 bits per heavy atom. The van der Waals surface area contributed by atoms with Gasteiger partial charge >= 0.3 is 0 Å². The highest BCUT2D eigenvalue weighted by Gasteiger charge is 2.33. The van der Waals surface area contributed by atoms with Crippen LogP contribution in [0.4, 0.5) is 0 Å². The van der Waals surface area contributed by atoms with Gasteiger partial charge in [-0.2, -0.15) is 0 Å². The first-order valence-electron chi connectivity index (χ1n) is 5.76. The lowest BCUT2D eigenvalue weighted by Crippen LogP contribution is -2.28. The van der Waals surface area contributed by atoms with Gasteiger partial charge in [0, 0.05) is 11.3 Å². The molecule has 0 bridgehead atoms. The lowest BCUT2D eigenvalue weighted by Gasteiger charge is -2.38. The normalized spacial score (nSPS) is 25.7. The maximum absolute atomic E-state index is 6.28. The summed E-state index contributed by atoms with van der Waals surface area (Å²) in [6, 6.07) is 8.79. The average molecular weight is 223 g/mol. The number of hydrogen-bond acceptors (Lipinski definition) is 0. The van der Waals surface area contributed by atoms with E-state index in [-0.39, 0.29) is 5.38 Å². The highest BCUT2D eigenvalue weighted by atomic mass is 35.5. The Morgan fingerprint density at radius 1 is 1.33 bits per heavy atom. The van der Waals surface area contributed by atoms with E-state index >= 15 is 0 Å². The summed E-state index contributed by atoms with van der Waals surface area (Å²) in [5.41, 5.74) is 3.28. The number of fused-ring (bicyclic) bond motifs is 1. The molecule has 0 fully saturated rings. The SMILES string of the molecule is CC(Cl)C1CCC(C)(C)c2ccccc21. The molecule has 2 rings (SSSR count). The molecule has 0 aromatic heterocycles. The van der Waals surface area contributed by atoms with Crippen LogP contribution in [-0.2, 0) is 5.41 Å². The molecule has 2 unspecified atom stereocenters. The van der Waals surface area contributed by atoms with Gasteiger partial charge in [0.05, 0.1) is 0 Å². The lowest BCUT2D eigenvalue weighted by molar-refractivity contribution is 0.389. The minimum absolute atomic E-state index is 0.238. The van der Waals surface area contributed by atoms with Crippen LogP contribution < -0.4 is 0 Å². The molecule has 2 atom stereocenters. The quantitative estimate of drug-likeness (QED) is 0.615. The summed E-state index contributed by atoms with van der Waals surface area (Å²) in [6.45, 7) is 6.78. The zero-order valence-electron chi connectivity index (χ0n) is 9.76. The molecule has 0 heterocycles. The highest BCUT2D eigenvalue weighted by molar-refractivity contribution is 6.20. The van der Waals surface area contributed by atoms with Crippen LogP contribution in [0.1, 0.15) is 50.7 Å². The molecule has 0 saturated carbocycles. The number of alkyl halides is 1. The minimum Gasteiger partial charge on any atom is -0.123 e. The van der Waals surface area contributed by atoms with Crippen molar-refractivity contribution in [1.29, 1.82) is 0 Å². The zero-order valence-corrected chi connectivity index (χ0v) is 10.5. The number of rotatable bonds is 1. The predicted octanol–water partition coefficient (Wildman–Crippen LogP) is 4.47. The summed E-state index contributed by atoms with van der Waals surface area (Å²) in [5, 5.41) is 0.238. The monoisotopic (exact) mass is 222 g/mol. The van der Waals surface area contributed by atoms with Crippen molar-refractivity contribution in [3.8, 4) is 0 Å². The average Bonchev–Trinajstić information content (AvgIpc) is 2.17. The van der Waals surface area contributed by atoms with Crippen LogP contribution >= 0.6 is 11.6 Å². The second kappa shape index (κ2) is 3.83. The van der Waals surface area contributed by atoms with Gasteiger partial charge in [-0.05, 0) is 36.3 Å². The molecule has 0 radical (unpaired) electrons. The molecule has 82 valence electrons. The van der Waals surface area contributed by atoms with Gasteiger partial charge in [0.25, 0.3) is 0 Å². The van der Waals surface area contributed by atoms with Crippen molar-refractivity contribution in [3.05, 3.63) is 35.4 Å². The summed E-state index contributed by atoms with van der Waals surface area (Å²) in [7, 11) is 0. The van der Waals surface area contributed by atoms with E-state index in [1.807, 2.05) is 0 Å².